The molecule has 4 atom stereocenters. The molecule has 1 heterocycles. The fourth-order valence-electron chi connectivity index (χ4n) is 4.29. The lowest BCUT2D eigenvalue weighted by Gasteiger charge is -2.38. The number of rotatable bonds is 3. The fraction of sp³-hybridized carbons (Fsp3) is 0.867. The largest absolute Gasteiger partial charge is 0.468 e. The van der Waals surface area contributed by atoms with Gasteiger partial charge in [0.05, 0.1) is 19.6 Å². The van der Waals surface area contributed by atoms with Gasteiger partial charge in [-0.2, -0.15) is 0 Å². The van der Waals surface area contributed by atoms with Crippen LogP contribution >= 0.6 is 12.4 Å². The molecule has 1 aliphatic heterocycles. The van der Waals surface area contributed by atoms with Gasteiger partial charge in [-0.3, -0.25) is 14.5 Å². The molecule has 22 heavy (non-hydrogen) atoms. The maximum atomic E-state index is 12.7. The molecule has 3 fully saturated rings. The number of methoxy groups -OCH3 is 1. The van der Waals surface area contributed by atoms with E-state index in [4.69, 9.17) is 5.73 Å². The van der Waals surface area contributed by atoms with Gasteiger partial charge in [0.2, 0.25) is 5.91 Å². The number of piperazine rings is 1. The van der Waals surface area contributed by atoms with Crippen LogP contribution in [0.3, 0.4) is 0 Å². The van der Waals surface area contributed by atoms with Gasteiger partial charge in [-0.15, -0.1) is 12.4 Å². The summed E-state index contributed by atoms with van der Waals surface area (Å²) in [5.74, 6) is 1.13. The Labute approximate surface area is 137 Å². The van der Waals surface area contributed by atoms with Gasteiger partial charge in [0.15, 0.2) is 0 Å². The van der Waals surface area contributed by atoms with Crippen LogP contribution < -0.4 is 5.73 Å². The fourth-order valence-corrected chi connectivity index (χ4v) is 4.29. The molecule has 2 N–H and O–H groups in total. The second kappa shape index (κ2) is 7.15. The third-order valence-corrected chi connectivity index (χ3v) is 5.53. The van der Waals surface area contributed by atoms with Crippen molar-refractivity contribution < 1.29 is 14.3 Å². The van der Waals surface area contributed by atoms with Crippen LogP contribution in [0.15, 0.2) is 0 Å². The van der Waals surface area contributed by atoms with Crippen LogP contribution in [0.2, 0.25) is 0 Å². The van der Waals surface area contributed by atoms with Gasteiger partial charge < -0.3 is 15.4 Å². The van der Waals surface area contributed by atoms with E-state index in [-0.39, 0.29) is 36.2 Å². The molecule has 4 unspecified atom stereocenters. The zero-order valence-corrected chi connectivity index (χ0v) is 13.9. The second-order valence-electron chi connectivity index (χ2n) is 6.61. The zero-order chi connectivity index (χ0) is 15.0. The summed E-state index contributed by atoms with van der Waals surface area (Å²) in [6.07, 6.45) is 3.50. The van der Waals surface area contributed by atoms with Crippen LogP contribution in [0.1, 0.15) is 19.3 Å². The number of halogens is 1. The maximum Gasteiger partial charge on any atom is 0.319 e. The number of esters is 1. The molecule has 126 valence electrons. The third-order valence-electron chi connectivity index (χ3n) is 5.53. The first kappa shape index (κ1) is 17.5. The lowest BCUT2D eigenvalue weighted by Crippen LogP contribution is -2.54. The highest BCUT2D eigenvalue weighted by atomic mass is 35.5. The smallest absolute Gasteiger partial charge is 0.319 e. The molecule has 7 heteroatoms. The first-order valence-corrected chi connectivity index (χ1v) is 7.93. The summed E-state index contributed by atoms with van der Waals surface area (Å²) in [4.78, 5) is 28.0. The van der Waals surface area contributed by atoms with E-state index >= 15 is 0 Å². The SMILES string of the molecule is COC(=O)CN1CCN(C(=O)C2C3CCC(C3)C2N)CC1.Cl. The molecule has 0 aromatic carbocycles. The minimum Gasteiger partial charge on any atom is -0.468 e. The number of carbonyl (C=O) groups excluding carboxylic acids is 2. The van der Waals surface area contributed by atoms with Crippen LogP contribution in [0.5, 0.6) is 0 Å². The van der Waals surface area contributed by atoms with E-state index in [0.717, 1.165) is 25.9 Å². The molecule has 0 radical (unpaired) electrons. The van der Waals surface area contributed by atoms with Gasteiger partial charge in [-0.1, -0.05) is 0 Å². The Morgan fingerprint density at radius 1 is 1.14 bits per heavy atom. The molecule has 1 amide bonds. The van der Waals surface area contributed by atoms with Crippen molar-refractivity contribution in [2.24, 2.45) is 23.5 Å². The summed E-state index contributed by atoms with van der Waals surface area (Å²) in [6.45, 7) is 3.16. The lowest BCUT2D eigenvalue weighted by molar-refractivity contribution is -0.143. The number of nitrogens with two attached hydrogens (primary N) is 1. The number of hydrogen-bond donors (Lipinski definition) is 1. The Kier molecular flexibility index (Phi) is 5.69. The summed E-state index contributed by atoms with van der Waals surface area (Å²) in [5, 5.41) is 0. The molecule has 3 rings (SSSR count). The number of carbonyl (C=O) groups is 2. The Morgan fingerprint density at radius 3 is 2.32 bits per heavy atom. The van der Waals surface area contributed by atoms with E-state index in [1.54, 1.807) is 0 Å². The van der Waals surface area contributed by atoms with Crippen LogP contribution in [-0.2, 0) is 14.3 Å². The molecule has 3 aliphatic rings. The summed E-state index contributed by atoms with van der Waals surface area (Å²) in [6, 6.07) is 0.0596. The predicted octanol–water partition coefficient (Wildman–Crippen LogP) is 0.0988. The maximum absolute atomic E-state index is 12.7. The summed E-state index contributed by atoms with van der Waals surface area (Å²) in [7, 11) is 1.40. The topological polar surface area (TPSA) is 75.9 Å². The Balaban J connectivity index is 0.00000176. The highest BCUT2D eigenvalue weighted by Gasteiger charge is 2.50. The summed E-state index contributed by atoms with van der Waals surface area (Å²) in [5.41, 5.74) is 6.26. The third kappa shape index (κ3) is 3.24. The van der Waals surface area contributed by atoms with Crippen molar-refractivity contribution in [1.82, 2.24) is 9.80 Å². The van der Waals surface area contributed by atoms with Crippen molar-refractivity contribution in [3.05, 3.63) is 0 Å². The van der Waals surface area contributed by atoms with Gasteiger partial charge in [-0.05, 0) is 31.1 Å². The van der Waals surface area contributed by atoms with Crippen LogP contribution in [0.25, 0.3) is 0 Å². The molecule has 2 aliphatic carbocycles. The van der Waals surface area contributed by atoms with Gasteiger partial charge >= 0.3 is 5.97 Å². The zero-order valence-electron chi connectivity index (χ0n) is 13.1. The van der Waals surface area contributed by atoms with Crippen LogP contribution in [0.4, 0.5) is 0 Å². The van der Waals surface area contributed by atoms with Crippen molar-refractivity contribution in [3.8, 4) is 0 Å². The Morgan fingerprint density at radius 2 is 1.77 bits per heavy atom. The molecular formula is C15H26ClN3O3. The Hall–Kier alpha value is -0.850. The van der Waals surface area contributed by atoms with E-state index in [2.05, 4.69) is 4.74 Å². The number of nitrogens with zero attached hydrogens (tertiary/aromatic N) is 2. The summed E-state index contributed by atoms with van der Waals surface area (Å²) < 4.78 is 4.68. The van der Waals surface area contributed by atoms with Crippen molar-refractivity contribution in [1.29, 1.82) is 0 Å². The lowest BCUT2D eigenvalue weighted by atomic mass is 9.84. The van der Waals surface area contributed by atoms with Crippen molar-refractivity contribution in [2.75, 3.05) is 39.8 Å². The van der Waals surface area contributed by atoms with Crippen molar-refractivity contribution in [2.45, 2.75) is 25.3 Å². The monoisotopic (exact) mass is 331 g/mol. The molecule has 6 nitrogen and oxygen atoms in total. The van der Waals surface area contributed by atoms with Gasteiger partial charge in [0, 0.05) is 32.2 Å². The van der Waals surface area contributed by atoms with E-state index in [0.29, 0.717) is 31.5 Å². The minimum absolute atomic E-state index is 0. The Bertz CT molecular complexity index is 424. The average molecular weight is 332 g/mol. The number of hydrogen-bond acceptors (Lipinski definition) is 5. The van der Waals surface area contributed by atoms with Crippen LogP contribution in [0, 0.1) is 17.8 Å². The molecule has 0 spiro atoms. The number of amides is 1. The first-order chi connectivity index (χ1) is 10.1. The van der Waals surface area contributed by atoms with Crippen molar-refractivity contribution in [3.63, 3.8) is 0 Å². The van der Waals surface area contributed by atoms with E-state index < -0.39 is 0 Å². The van der Waals surface area contributed by atoms with Crippen molar-refractivity contribution >= 4 is 24.3 Å². The number of fused-ring (bicyclic) bond motifs is 2. The molecule has 0 aromatic heterocycles. The van der Waals surface area contributed by atoms with Gasteiger partial charge in [-0.25, -0.2) is 0 Å². The van der Waals surface area contributed by atoms with E-state index in [1.807, 2.05) is 9.80 Å². The van der Waals surface area contributed by atoms with E-state index in [1.165, 1.54) is 13.5 Å². The molecule has 2 saturated carbocycles. The standard InChI is InChI=1S/C15H25N3O3.ClH/c1-21-12(19)9-17-4-6-18(7-5-17)15(20)13-10-2-3-11(8-10)14(13)16;/h10-11,13-14H,2-9,16H2,1H3;1H. The molecule has 2 bridgehead atoms. The molecule has 1 saturated heterocycles. The predicted molar refractivity (Wildman–Crippen MR) is 84.6 cm³/mol. The minimum atomic E-state index is -0.218. The molecule has 0 aromatic rings. The highest BCUT2D eigenvalue weighted by Crippen LogP contribution is 2.48. The average Bonchev–Trinajstić information content (AvgIpc) is 3.08. The van der Waals surface area contributed by atoms with Gasteiger partial charge in [0.25, 0.3) is 0 Å². The van der Waals surface area contributed by atoms with E-state index in [9.17, 15) is 9.59 Å². The van der Waals surface area contributed by atoms with Gasteiger partial charge in [0.1, 0.15) is 0 Å². The quantitative estimate of drug-likeness (QED) is 0.742. The highest BCUT2D eigenvalue weighted by molar-refractivity contribution is 5.85. The molecular weight excluding hydrogens is 306 g/mol. The normalized spacial score (nSPS) is 34.4. The first-order valence-electron chi connectivity index (χ1n) is 7.93. The second-order valence-corrected chi connectivity index (χ2v) is 6.61. The summed E-state index contributed by atoms with van der Waals surface area (Å²) >= 11 is 0. The number of ether oxygens (including phenoxy) is 1. The van der Waals surface area contributed by atoms with Crippen LogP contribution in [-0.4, -0.2) is 67.6 Å².